The number of nitrogens with zero attached hydrogens (tertiary/aromatic N) is 2. The second-order valence-electron chi connectivity index (χ2n) is 8.82. The quantitative estimate of drug-likeness (QED) is 0.631. The largest absolute Gasteiger partial charge is 0.465 e. The average molecular weight is 510 g/mol. The number of carboxylic acid groups (broad SMARTS) is 1. The van der Waals surface area contributed by atoms with Gasteiger partial charge in [-0.05, 0) is 44.4 Å². The summed E-state index contributed by atoms with van der Waals surface area (Å²) in [5.74, 6) is -1.36. The number of piperidine rings is 1. The van der Waals surface area contributed by atoms with Crippen LogP contribution in [0.3, 0.4) is 0 Å². The zero-order valence-electron chi connectivity index (χ0n) is 19.2. The van der Waals surface area contributed by atoms with Crippen LogP contribution in [-0.2, 0) is 0 Å². The summed E-state index contributed by atoms with van der Waals surface area (Å²) in [6, 6.07) is 3.18. The van der Waals surface area contributed by atoms with Crippen molar-refractivity contribution in [1.29, 1.82) is 0 Å². The molecule has 1 aromatic carbocycles. The van der Waals surface area contributed by atoms with E-state index in [2.05, 4.69) is 4.98 Å². The highest BCUT2D eigenvalue weighted by Gasteiger charge is 2.48. The Morgan fingerprint density at radius 1 is 1.18 bits per heavy atom. The Morgan fingerprint density at radius 2 is 1.79 bits per heavy atom. The van der Waals surface area contributed by atoms with Gasteiger partial charge in [-0.3, -0.25) is 9.59 Å². The van der Waals surface area contributed by atoms with Crippen molar-refractivity contribution >= 4 is 40.9 Å². The first-order valence-corrected chi connectivity index (χ1v) is 11.5. The van der Waals surface area contributed by atoms with Gasteiger partial charge in [-0.2, -0.15) is 0 Å². The van der Waals surface area contributed by atoms with Gasteiger partial charge in [0.1, 0.15) is 5.69 Å². The van der Waals surface area contributed by atoms with Crippen molar-refractivity contribution in [2.75, 3.05) is 25.0 Å². The highest BCUT2D eigenvalue weighted by Crippen LogP contribution is 2.53. The fourth-order valence-electron chi connectivity index (χ4n) is 4.66. The van der Waals surface area contributed by atoms with Gasteiger partial charge >= 0.3 is 6.09 Å². The normalized spacial score (nSPS) is 19.9. The van der Waals surface area contributed by atoms with Crippen LogP contribution in [0.5, 0.6) is 11.5 Å². The smallest absolute Gasteiger partial charge is 0.407 e. The van der Waals surface area contributed by atoms with Crippen LogP contribution in [-0.4, -0.2) is 52.9 Å². The molecule has 1 saturated heterocycles. The molecular weight excluding hydrogens is 485 g/mol. The monoisotopic (exact) mass is 509 g/mol. The first-order valence-electron chi connectivity index (χ1n) is 10.8. The summed E-state index contributed by atoms with van der Waals surface area (Å²) in [5.41, 5.74) is 1.21. The van der Waals surface area contributed by atoms with Crippen LogP contribution < -0.4 is 19.9 Å². The van der Waals surface area contributed by atoms with Crippen molar-refractivity contribution in [2.24, 2.45) is 5.92 Å². The molecular formula is C23H25Cl2N3O6. The SMILES string of the molecule is Cc1cc(C)c(N(C)C(=O)c2cc(Cl)c3c(c2Cl)OC(C)(C2CCN(C(=O)O)CC2)O3)c(=O)[nH]1. The number of aryl methyl sites for hydroxylation is 2. The van der Waals surface area contributed by atoms with Gasteiger partial charge in [-0.25, -0.2) is 4.79 Å². The van der Waals surface area contributed by atoms with Crippen LogP contribution >= 0.6 is 23.2 Å². The Bertz CT molecular complexity index is 1240. The Hall–Kier alpha value is -2.91. The molecule has 0 bridgehead atoms. The fourth-order valence-corrected chi connectivity index (χ4v) is 5.15. The second kappa shape index (κ2) is 8.70. The maximum atomic E-state index is 13.3. The fraction of sp³-hybridized carbons (Fsp3) is 0.435. The number of likely N-dealkylation sites (tertiary alicyclic amines) is 1. The van der Waals surface area contributed by atoms with Crippen LogP contribution in [0.4, 0.5) is 10.5 Å². The van der Waals surface area contributed by atoms with E-state index in [-0.39, 0.29) is 38.7 Å². The van der Waals surface area contributed by atoms with Crippen LogP contribution in [0, 0.1) is 19.8 Å². The van der Waals surface area contributed by atoms with E-state index in [1.165, 1.54) is 22.9 Å². The number of rotatable bonds is 3. The maximum absolute atomic E-state index is 13.3. The molecule has 2 aliphatic rings. The van der Waals surface area contributed by atoms with Gasteiger partial charge in [0.05, 0.1) is 15.6 Å². The highest BCUT2D eigenvalue weighted by atomic mass is 35.5. The van der Waals surface area contributed by atoms with Crippen molar-refractivity contribution in [3.8, 4) is 11.5 Å². The van der Waals surface area contributed by atoms with E-state index in [1.54, 1.807) is 26.8 Å². The summed E-state index contributed by atoms with van der Waals surface area (Å²) >= 11 is 13.1. The number of anilines is 1. The molecule has 0 aliphatic carbocycles. The van der Waals surface area contributed by atoms with Gasteiger partial charge in [-0.15, -0.1) is 0 Å². The van der Waals surface area contributed by atoms with E-state index < -0.39 is 23.3 Å². The molecule has 3 heterocycles. The van der Waals surface area contributed by atoms with Gasteiger partial charge in [0, 0.05) is 38.7 Å². The molecule has 2 aliphatic heterocycles. The number of carbonyl (C=O) groups excluding carboxylic acids is 1. The highest BCUT2D eigenvalue weighted by molar-refractivity contribution is 6.39. The molecule has 1 unspecified atom stereocenters. The average Bonchev–Trinajstić information content (AvgIpc) is 3.15. The Morgan fingerprint density at radius 3 is 2.38 bits per heavy atom. The molecule has 2 amide bonds. The Balaban J connectivity index is 1.63. The molecule has 9 nitrogen and oxygen atoms in total. The van der Waals surface area contributed by atoms with Crippen molar-refractivity contribution in [1.82, 2.24) is 9.88 Å². The van der Waals surface area contributed by atoms with Gasteiger partial charge in [0.15, 0.2) is 11.5 Å². The van der Waals surface area contributed by atoms with Crippen molar-refractivity contribution in [2.45, 2.75) is 39.4 Å². The molecule has 1 atom stereocenters. The molecule has 0 radical (unpaired) electrons. The van der Waals surface area contributed by atoms with E-state index in [4.69, 9.17) is 32.7 Å². The minimum absolute atomic E-state index is 0.0316. The number of carbonyl (C=O) groups is 2. The molecule has 1 aromatic heterocycles. The standard InChI is InChI=1S/C23H25Cl2N3O6/c1-11-9-12(2)26-20(29)17(11)27(4)21(30)14-10-15(24)18-19(16(14)25)34-23(3,33-18)13-5-7-28(8-6-13)22(31)32/h9-10,13H,5-8H2,1-4H3,(H,26,29)(H,31,32). The lowest BCUT2D eigenvalue weighted by Crippen LogP contribution is -2.49. The number of halogens is 2. The van der Waals surface area contributed by atoms with E-state index in [0.29, 0.717) is 37.2 Å². The lowest BCUT2D eigenvalue weighted by molar-refractivity contribution is -0.123. The molecule has 2 aromatic rings. The number of H-pyrrole nitrogens is 1. The molecule has 2 N–H and O–H groups in total. The Kier molecular flexibility index (Phi) is 6.20. The van der Waals surface area contributed by atoms with Crippen molar-refractivity contribution in [3.63, 3.8) is 0 Å². The van der Waals surface area contributed by atoms with E-state index in [9.17, 15) is 19.5 Å². The minimum Gasteiger partial charge on any atom is -0.465 e. The number of pyridine rings is 1. The summed E-state index contributed by atoms with van der Waals surface area (Å²) < 4.78 is 12.2. The molecule has 4 rings (SSSR count). The summed E-state index contributed by atoms with van der Waals surface area (Å²) in [4.78, 5) is 42.3. The first-order chi connectivity index (χ1) is 15.9. The lowest BCUT2D eigenvalue weighted by Gasteiger charge is -2.37. The summed E-state index contributed by atoms with van der Waals surface area (Å²) in [6.07, 6.45) is 0.118. The lowest BCUT2D eigenvalue weighted by atomic mass is 9.89. The number of nitrogens with one attached hydrogen (secondary N) is 1. The zero-order valence-corrected chi connectivity index (χ0v) is 20.7. The second-order valence-corrected chi connectivity index (χ2v) is 9.60. The van der Waals surface area contributed by atoms with E-state index >= 15 is 0 Å². The molecule has 0 saturated carbocycles. The number of fused-ring (bicyclic) bond motifs is 1. The summed E-state index contributed by atoms with van der Waals surface area (Å²) in [5, 5.41) is 9.38. The molecule has 1 fully saturated rings. The number of aromatic nitrogens is 1. The first kappa shape index (κ1) is 24.2. The van der Waals surface area contributed by atoms with Crippen molar-refractivity contribution in [3.05, 3.63) is 49.4 Å². The van der Waals surface area contributed by atoms with Gasteiger partial charge in [0.25, 0.3) is 17.3 Å². The minimum atomic E-state index is -1.11. The third-order valence-electron chi connectivity index (χ3n) is 6.45. The molecule has 34 heavy (non-hydrogen) atoms. The third kappa shape index (κ3) is 4.07. The number of benzene rings is 1. The predicted octanol–water partition coefficient (Wildman–Crippen LogP) is 4.45. The summed E-state index contributed by atoms with van der Waals surface area (Å²) in [7, 11) is 1.49. The maximum Gasteiger partial charge on any atom is 0.407 e. The van der Waals surface area contributed by atoms with E-state index in [1.807, 2.05) is 0 Å². The number of amides is 2. The van der Waals surface area contributed by atoms with Gasteiger partial charge in [-0.1, -0.05) is 23.2 Å². The Labute approximate surface area is 206 Å². The molecule has 0 spiro atoms. The van der Waals surface area contributed by atoms with Crippen LogP contribution in [0.15, 0.2) is 16.9 Å². The topological polar surface area (TPSA) is 112 Å². The van der Waals surface area contributed by atoms with E-state index in [0.717, 1.165) is 0 Å². The number of hydrogen-bond donors (Lipinski definition) is 2. The number of aromatic amines is 1. The van der Waals surface area contributed by atoms with Gasteiger partial charge < -0.3 is 29.4 Å². The van der Waals surface area contributed by atoms with Crippen LogP contribution in [0.25, 0.3) is 0 Å². The zero-order chi connectivity index (χ0) is 24.9. The summed E-state index contributed by atoms with van der Waals surface area (Å²) in [6.45, 7) is 5.98. The van der Waals surface area contributed by atoms with Crippen molar-refractivity contribution < 1.29 is 24.2 Å². The van der Waals surface area contributed by atoms with Crippen LogP contribution in [0.2, 0.25) is 10.0 Å². The molecule has 182 valence electrons. The van der Waals surface area contributed by atoms with Gasteiger partial charge in [0.2, 0.25) is 0 Å². The molecule has 11 heteroatoms. The predicted molar refractivity (Wildman–Crippen MR) is 128 cm³/mol. The third-order valence-corrected chi connectivity index (χ3v) is 7.11. The number of ether oxygens (including phenoxy) is 2. The number of hydrogen-bond acceptors (Lipinski definition) is 5. The van der Waals surface area contributed by atoms with Crippen LogP contribution in [0.1, 0.15) is 41.4 Å².